The molecule has 0 saturated carbocycles. The molecule has 64 valence electrons. The van der Waals surface area contributed by atoms with Crippen molar-refractivity contribution in [2.75, 3.05) is 13.2 Å². The highest BCUT2D eigenvalue weighted by Gasteiger charge is 2.12. The van der Waals surface area contributed by atoms with E-state index in [4.69, 9.17) is 4.74 Å². The lowest BCUT2D eigenvalue weighted by molar-refractivity contribution is -0.129. The number of ether oxygens (including phenoxy) is 2. The minimum absolute atomic E-state index is 0.323. The third-order valence-electron chi connectivity index (χ3n) is 1.90. The molecule has 0 radical (unpaired) electrons. The maximum Gasteiger partial charge on any atom is 0.293 e. The van der Waals surface area contributed by atoms with E-state index in [1.54, 1.807) is 0 Å². The topological polar surface area (TPSA) is 35.5 Å². The van der Waals surface area contributed by atoms with Crippen LogP contribution in [0.3, 0.4) is 0 Å². The maximum atomic E-state index is 9.78. The summed E-state index contributed by atoms with van der Waals surface area (Å²) in [4.78, 5) is 9.78. The van der Waals surface area contributed by atoms with Crippen molar-refractivity contribution in [1.29, 1.82) is 0 Å². The second kappa shape index (κ2) is 5.13. The number of carbonyl (C=O) groups excluding carboxylic acids is 1. The lowest BCUT2D eigenvalue weighted by Gasteiger charge is -2.21. The van der Waals surface area contributed by atoms with Crippen molar-refractivity contribution in [2.24, 2.45) is 0 Å². The zero-order valence-corrected chi connectivity index (χ0v) is 6.62. The Labute approximate surface area is 66.7 Å². The van der Waals surface area contributed by atoms with Crippen molar-refractivity contribution in [2.45, 2.75) is 31.8 Å². The van der Waals surface area contributed by atoms with E-state index in [1.165, 1.54) is 12.8 Å². The van der Waals surface area contributed by atoms with Gasteiger partial charge in [0.15, 0.2) is 0 Å². The van der Waals surface area contributed by atoms with Crippen molar-refractivity contribution in [3.05, 3.63) is 0 Å². The highest BCUT2D eigenvalue weighted by Crippen LogP contribution is 2.14. The SMILES string of the molecule is O=COCCC1CCCCO1. The molecule has 1 unspecified atom stereocenters. The van der Waals surface area contributed by atoms with Crippen molar-refractivity contribution < 1.29 is 14.3 Å². The number of hydrogen-bond acceptors (Lipinski definition) is 3. The molecule has 0 aromatic rings. The van der Waals surface area contributed by atoms with Gasteiger partial charge in [0.25, 0.3) is 6.47 Å². The van der Waals surface area contributed by atoms with Crippen LogP contribution in [-0.2, 0) is 14.3 Å². The van der Waals surface area contributed by atoms with Crippen LogP contribution in [0.1, 0.15) is 25.7 Å². The van der Waals surface area contributed by atoms with E-state index < -0.39 is 0 Å². The maximum absolute atomic E-state index is 9.78. The first-order valence-corrected chi connectivity index (χ1v) is 4.10. The van der Waals surface area contributed by atoms with Crippen LogP contribution in [0.2, 0.25) is 0 Å². The molecule has 3 nitrogen and oxygen atoms in total. The Morgan fingerprint density at radius 2 is 2.45 bits per heavy atom. The van der Waals surface area contributed by atoms with Crippen LogP contribution >= 0.6 is 0 Å². The average molecular weight is 158 g/mol. The van der Waals surface area contributed by atoms with Gasteiger partial charge in [-0.05, 0) is 19.3 Å². The third kappa shape index (κ3) is 3.37. The molecule has 0 bridgehead atoms. The molecule has 1 heterocycles. The summed E-state index contributed by atoms with van der Waals surface area (Å²) in [7, 11) is 0. The molecule has 1 aliphatic heterocycles. The van der Waals surface area contributed by atoms with E-state index in [2.05, 4.69) is 4.74 Å². The highest BCUT2D eigenvalue weighted by atomic mass is 16.5. The van der Waals surface area contributed by atoms with Gasteiger partial charge in [0.05, 0.1) is 12.7 Å². The lowest BCUT2D eigenvalue weighted by atomic mass is 10.1. The molecule has 11 heavy (non-hydrogen) atoms. The van der Waals surface area contributed by atoms with Crippen molar-refractivity contribution in [3.8, 4) is 0 Å². The number of carbonyl (C=O) groups is 1. The quantitative estimate of drug-likeness (QED) is 0.454. The number of rotatable bonds is 4. The van der Waals surface area contributed by atoms with Gasteiger partial charge < -0.3 is 9.47 Å². The van der Waals surface area contributed by atoms with Crippen LogP contribution in [0.5, 0.6) is 0 Å². The van der Waals surface area contributed by atoms with E-state index in [0.717, 1.165) is 19.4 Å². The van der Waals surface area contributed by atoms with Gasteiger partial charge in [-0.15, -0.1) is 0 Å². The second-order valence-electron chi connectivity index (χ2n) is 2.74. The fraction of sp³-hybridized carbons (Fsp3) is 0.875. The van der Waals surface area contributed by atoms with Gasteiger partial charge in [-0.2, -0.15) is 0 Å². The third-order valence-corrected chi connectivity index (χ3v) is 1.90. The zero-order valence-electron chi connectivity index (χ0n) is 6.62. The molecule has 0 spiro atoms. The van der Waals surface area contributed by atoms with Crippen molar-refractivity contribution >= 4 is 6.47 Å². The summed E-state index contributed by atoms with van der Waals surface area (Å²) in [5.74, 6) is 0. The highest BCUT2D eigenvalue weighted by molar-refractivity contribution is 5.36. The van der Waals surface area contributed by atoms with Crippen LogP contribution in [0.4, 0.5) is 0 Å². The minimum atomic E-state index is 0.323. The lowest BCUT2D eigenvalue weighted by Crippen LogP contribution is -2.20. The molecule has 3 heteroatoms. The first-order chi connectivity index (χ1) is 5.43. The molecule has 1 rings (SSSR count). The van der Waals surface area contributed by atoms with Gasteiger partial charge in [-0.3, -0.25) is 4.79 Å². The molecular weight excluding hydrogens is 144 g/mol. The average Bonchev–Trinajstić information content (AvgIpc) is 2.07. The fourth-order valence-corrected chi connectivity index (χ4v) is 1.28. The summed E-state index contributed by atoms with van der Waals surface area (Å²) in [6.45, 7) is 1.85. The Balaban J connectivity index is 2.00. The van der Waals surface area contributed by atoms with Crippen LogP contribution in [0.25, 0.3) is 0 Å². The summed E-state index contributed by atoms with van der Waals surface area (Å²) >= 11 is 0. The molecular formula is C8H14O3. The predicted octanol–water partition coefficient (Wildman–Crippen LogP) is 1.12. The summed E-state index contributed by atoms with van der Waals surface area (Å²) < 4.78 is 10.0. The van der Waals surface area contributed by atoms with E-state index in [0.29, 0.717) is 19.2 Å². The van der Waals surface area contributed by atoms with Crippen LogP contribution < -0.4 is 0 Å². The largest absolute Gasteiger partial charge is 0.468 e. The molecule has 1 aliphatic rings. The molecule has 0 amide bonds. The van der Waals surface area contributed by atoms with Crippen LogP contribution in [-0.4, -0.2) is 25.8 Å². The second-order valence-corrected chi connectivity index (χ2v) is 2.74. The van der Waals surface area contributed by atoms with Gasteiger partial charge in [0, 0.05) is 13.0 Å². The molecule has 0 aromatic carbocycles. The zero-order chi connectivity index (χ0) is 7.94. The van der Waals surface area contributed by atoms with Crippen LogP contribution in [0.15, 0.2) is 0 Å². The van der Waals surface area contributed by atoms with Gasteiger partial charge in [-0.1, -0.05) is 0 Å². The first kappa shape index (κ1) is 8.53. The van der Waals surface area contributed by atoms with E-state index in [9.17, 15) is 4.79 Å². The molecule has 0 N–H and O–H groups in total. The van der Waals surface area contributed by atoms with Gasteiger partial charge in [-0.25, -0.2) is 0 Å². The predicted molar refractivity (Wildman–Crippen MR) is 40.2 cm³/mol. The van der Waals surface area contributed by atoms with Gasteiger partial charge in [0.2, 0.25) is 0 Å². The minimum Gasteiger partial charge on any atom is -0.468 e. The summed E-state index contributed by atoms with van der Waals surface area (Å²) in [5, 5.41) is 0. The van der Waals surface area contributed by atoms with Crippen LogP contribution in [0, 0.1) is 0 Å². The van der Waals surface area contributed by atoms with Gasteiger partial charge >= 0.3 is 0 Å². The summed E-state index contributed by atoms with van der Waals surface area (Å²) in [5.41, 5.74) is 0. The Morgan fingerprint density at radius 1 is 1.55 bits per heavy atom. The molecule has 1 atom stereocenters. The monoisotopic (exact) mass is 158 g/mol. The normalized spacial score (nSPS) is 24.5. The van der Waals surface area contributed by atoms with Crippen molar-refractivity contribution in [1.82, 2.24) is 0 Å². The Hall–Kier alpha value is -0.570. The smallest absolute Gasteiger partial charge is 0.293 e. The molecule has 1 saturated heterocycles. The molecule has 0 aliphatic carbocycles. The summed E-state index contributed by atoms with van der Waals surface area (Å²) in [6.07, 6.45) is 4.70. The summed E-state index contributed by atoms with van der Waals surface area (Å²) in [6, 6.07) is 0. The van der Waals surface area contributed by atoms with E-state index >= 15 is 0 Å². The first-order valence-electron chi connectivity index (χ1n) is 4.10. The number of hydrogen-bond donors (Lipinski definition) is 0. The van der Waals surface area contributed by atoms with Gasteiger partial charge in [0.1, 0.15) is 0 Å². The van der Waals surface area contributed by atoms with E-state index in [1.807, 2.05) is 0 Å². The standard InChI is InChI=1S/C8H14O3/c9-7-10-6-4-8-3-1-2-5-11-8/h7-8H,1-6H2. The molecule has 0 aromatic heterocycles. The van der Waals surface area contributed by atoms with Crippen molar-refractivity contribution in [3.63, 3.8) is 0 Å². The Bertz CT molecular complexity index is 108. The molecule has 1 fully saturated rings. The fourth-order valence-electron chi connectivity index (χ4n) is 1.28. The Morgan fingerprint density at radius 3 is 3.09 bits per heavy atom. The Kier molecular flexibility index (Phi) is 3.98. The van der Waals surface area contributed by atoms with E-state index in [-0.39, 0.29) is 0 Å².